The number of rotatable bonds is 8. The molecule has 4 nitrogen and oxygen atoms in total. The van der Waals surface area contributed by atoms with E-state index in [1.807, 2.05) is 30.3 Å². The third-order valence-electron chi connectivity index (χ3n) is 4.31. The zero-order chi connectivity index (χ0) is 17.6. The smallest absolute Gasteiger partial charge is 0.311 e. The predicted octanol–water partition coefficient (Wildman–Crippen LogP) is 4.15. The lowest BCUT2D eigenvalue weighted by molar-refractivity contribution is -0.138. The third kappa shape index (κ3) is 4.56. The summed E-state index contributed by atoms with van der Waals surface area (Å²) < 4.78 is 12.9. The Morgan fingerprint density at radius 2 is 1.58 bits per heavy atom. The van der Waals surface area contributed by atoms with Crippen molar-refractivity contribution in [3.63, 3.8) is 0 Å². The second-order valence-electron chi connectivity index (χ2n) is 5.92. The summed E-state index contributed by atoms with van der Waals surface area (Å²) in [6.45, 7) is 1.77. The Hall–Kier alpha value is -1.90. The first kappa shape index (κ1) is 18.4. The maximum Gasteiger partial charge on any atom is 0.311 e. The van der Waals surface area contributed by atoms with Crippen LogP contribution in [0.15, 0.2) is 60.7 Å². The molecule has 0 radical (unpaired) electrons. The monoisotopic (exact) mass is 346 g/mol. The molecule has 3 atom stereocenters. The number of aryl methyl sites for hydroxylation is 1. The fourth-order valence-electron chi connectivity index (χ4n) is 3.04. The standard InChI is InChI=1S/C19H23O4P/c1-2-17(18(19(20)21)16-11-7-4-8-12-16)24(22,23)14-13-15-9-5-3-6-10-15/h3-12,17-18H,2,13-14H2,1H3,(H,20,21)(H,22,23). The van der Waals surface area contributed by atoms with Gasteiger partial charge in [0.15, 0.2) is 0 Å². The molecule has 2 rings (SSSR count). The molecule has 0 saturated carbocycles. The molecule has 128 valence electrons. The van der Waals surface area contributed by atoms with Crippen molar-refractivity contribution in [1.29, 1.82) is 0 Å². The Balaban J connectivity index is 2.23. The van der Waals surface area contributed by atoms with E-state index in [0.717, 1.165) is 5.56 Å². The third-order valence-corrected chi connectivity index (χ3v) is 6.87. The summed E-state index contributed by atoms with van der Waals surface area (Å²) in [7, 11) is -3.62. The summed E-state index contributed by atoms with van der Waals surface area (Å²) in [5.41, 5.74) is 0.764. The summed E-state index contributed by atoms with van der Waals surface area (Å²) in [5, 5.41) is 9.64. The number of hydrogen-bond donors (Lipinski definition) is 2. The van der Waals surface area contributed by atoms with Crippen molar-refractivity contribution in [3.05, 3.63) is 71.8 Å². The molecule has 2 aromatic rings. The second kappa shape index (κ2) is 8.27. The van der Waals surface area contributed by atoms with Crippen molar-refractivity contribution < 1.29 is 19.4 Å². The molecule has 0 aromatic heterocycles. The lowest BCUT2D eigenvalue weighted by Crippen LogP contribution is -2.27. The summed E-state index contributed by atoms with van der Waals surface area (Å²) in [6.07, 6.45) is 0.896. The van der Waals surface area contributed by atoms with Gasteiger partial charge >= 0.3 is 5.97 Å². The molecule has 0 aliphatic carbocycles. The van der Waals surface area contributed by atoms with E-state index in [-0.39, 0.29) is 6.16 Å². The summed E-state index contributed by atoms with van der Waals surface area (Å²) >= 11 is 0. The van der Waals surface area contributed by atoms with Gasteiger partial charge in [-0.2, -0.15) is 0 Å². The number of carboxylic acids is 1. The van der Waals surface area contributed by atoms with E-state index in [4.69, 9.17) is 0 Å². The van der Waals surface area contributed by atoms with Gasteiger partial charge in [0.25, 0.3) is 0 Å². The van der Waals surface area contributed by atoms with Crippen LogP contribution < -0.4 is 0 Å². The van der Waals surface area contributed by atoms with Crippen LogP contribution in [0.25, 0.3) is 0 Å². The first-order chi connectivity index (χ1) is 11.5. The molecule has 0 bridgehead atoms. The molecule has 0 saturated heterocycles. The van der Waals surface area contributed by atoms with Gasteiger partial charge in [0.2, 0.25) is 7.37 Å². The van der Waals surface area contributed by atoms with Crippen LogP contribution in [-0.4, -0.2) is 27.8 Å². The first-order valence-electron chi connectivity index (χ1n) is 8.09. The summed E-state index contributed by atoms with van der Waals surface area (Å²) in [6, 6.07) is 18.2. The number of carboxylic acid groups (broad SMARTS) is 1. The fourth-order valence-corrected chi connectivity index (χ4v) is 5.29. The molecule has 5 heteroatoms. The van der Waals surface area contributed by atoms with E-state index in [9.17, 15) is 19.4 Å². The van der Waals surface area contributed by atoms with Gasteiger partial charge in [0.05, 0.1) is 11.6 Å². The normalized spacial score (nSPS) is 16.1. The molecule has 2 N–H and O–H groups in total. The highest BCUT2D eigenvalue weighted by atomic mass is 31.2. The van der Waals surface area contributed by atoms with Gasteiger partial charge in [-0.1, -0.05) is 67.6 Å². The minimum absolute atomic E-state index is 0.0894. The first-order valence-corrected chi connectivity index (χ1v) is 10.00. The predicted molar refractivity (Wildman–Crippen MR) is 95.7 cm³/mol. The van der Waals surface area contributed by atoms with E-state index < -0.39 is 24.9 Å². The van der Waals surface area contributed by atoms with Crippen LogP contribution >= 0.6 is 7.37 Å². The van der Waals surface area contributed by atoms with Crippen LogP contribution in [0.5, 0.6) is 0 Å². The molecule has 0 aliphatic rings. The molecule has 0 aliphatic heterocycles. The Morgan fingerprint density at radius 1 is 1.04 bits per heavy atom. The van der Waals surface area contributed by atoms with Gasteiger partial charge in [0.1, 0.15) is 0 Å². The Kier molecular flexibility index (Phi) is 6.36. The van der Waals surface area contributed by atoms with Gasteiger partial charge < -0.3 is 10.00 Å². The highest BCUT2D eigenvalue weighted by Crippen LogP contribution is 2.53. The molecular formula is C19H23O4P. The minimum atomic E-state index is -3.62. The molecule has 0 spiro atoms. The molecule has 0 fully saturated rings. The van der Waals surface area contributed by atoms with Crippen LogP contribution in [0, 0.1) is 0 Å². The molecule has 0 amide bonds. The number of hydrogen-bond acceptors (Lipinski definition) is 2. The van der Waals surface area contributed by atoms with Crippen molar-refractivity contribution in [2.24, 2.45) is 0 Å². The van der Waals surface area contributed by atoms with Crippen molar-refractivity contribution in [1.82, 2.24) is 0 Å². The van der Waals surface area contributed by atoms with E-state index in [2.05, 4.69) is 0 Å². The Bertz CT molecular complexity index is 700. The molecular weight excluding hydrogens is 323 g/mol. The number of aliphatic carboxylic acids is 1. The summed E-state index contributed by atoms with van der Waals surface area (Å²) in [4.78, 5) is 22.4. The maximum atomic E-state index is 12.9. The maximum absolute atomic E-state index is 12.9. The van der Waals surface area contributed by atoms with Gasteiger partial charge in [-0.3, -0.25) is 9.36 Å². The average Bonchev–Trinajstić information content (AvgIpc) is 2.59. The van der Waals surface area contributed by atoms with Gasteiger partial charge in [-0.05, 0) is 24.0 Å². The topological polar surface area (TPSA) is 74.6 Å². The van der Waals surface area contributed by atoms with Crippen LogP contribution in [0.3, 0.4) is 0 Å². The zero-order valence-corrected chi connectivity index (χ0v) is 14.6. The van der Waals surface area contributed by atoms with Crippen LogP contribution in [0.4, 0.5) is 0 Å². The van der Waals surface area contributed by atoms with E-state index in [0.29, 0.717) is 18.4 Å². The highest BCUT2D eigenvalue weighted by Gasteiger charge is 2.40. The molecule has 3 unspecified atom stereocenters. The summed E-state index contributed by atoms with van der Waals surface area (Å²) in [5.74, 6) is -2.02. The van der Waals surface area contributed by atoms with Crippen molar-refractivity contribution >= 4 is 13.3 Å². The van der Waals surface area contributed by atoms with Crippen LogP contribution in [-0.2, 0) is 15.8 Å². The Morgan fingerprint density at radius 3 is 2.08 bits per heavy atom. The van der Waals surface area contributed by atoms with Gasteiger partial charge in [-0.25, -0.2) is 0 Å². The Labute approximate surface area is 142 Å². The van der Waals surface area contributed by atoms with Gasteiger partial charge in [0, 0.05) is 6.16 Å². The SMILES string of the molecule is CCC(C(C(=O)O)c1ccccc1)P(=O)(O)CCc1ccccc1. The zero-order valence-electron chi connectivity index (χ0n) is 13.7. The average molecular weight is 346 g/mol. The van der Waals surface area contributed by atoms with Crippen molar-refractivity contribution in [3.8, 4) is 0 Å². The molecule has 2 aromatic carbocycles. The van der Waals surface area contributed by atoms with E-state index in [1.165, 1.54) is 0 Å². The minimum Gasteiger partial charge on any atom is -0.481 e. The largest absolute Gasteiger partial charge is 0.481 e. The quantitative estimate of drug-likeness (QED) is 0.704. The lowest BCUT2D eigenvalue weighted by atomic mass is 9.94. The van der Waals surface area contributed by atoms with Crippen LogP contribution in [0.1, 0.15) is 30.4 Å². The lowest BCUT2D eigenvalue weighted by Gasteiger charge is -2.28. The number of carbonyl (C=O) groups is 1. The van der Waals surface area contributed by atoms with Gasteiger partial charge in [-0.15, -0.1) is 0 Å². The van der Waals surface area contributed by atoms with Crippen molar-refractivity contribution in [2.75, 3.05) is 6.16 Å². The number of benzene rings is 2. The van der Waals surface area contributed by atoms with Crippen molar-refractivity contribution in [2.45, 2.75) is 31.3 Å². The fraction of sp³-hybridized carbons (Fsp3) is 0.316. The second-order valence-corrected chi connectivity index (χ2v) is 8.54. The van der Waals surface area contributed by atoms with Crippen LogP contribution in [0.2, 0.25) is 0 Å². The highest BCUT2D eigenvalue weighted by molar-refractivity contribution is 7.58. The molecule has 0 heterocycles. The molecule has 24 heavy (non-hydrogen) atoms. The van der Waals surface area contributed by atoms with E-state index >= 15 is 0 Å². The van der Waals surface area contributed by atoms with E-state index in [1.54, 1.807) is 37.3 Å².